The highest BCUT2D eigenvalue weighted by Gasteiger charge is 2.30. The third kappa shape index (κ3) is 2.25. The summed E-state index contributed by atoms with van der Waals surface area (Å²) in [6, 6.07) is 17.1. The standard InChI is InChI=1S/C19H16N2O3/c1-2-21(13-8-4-3-5-9-13)19(22)17-15-12-23-16-11-7-6-10-14(16)18(15)24-20-17/h3-11H,2,12H2,1H3. The molecule has 24 heavy (non-hydrogen) atoms. The third-order valence-electron chi connectivity index (χ3n) is 4.12. The highest BCUT2D eigenvalue weighted by molar-refractivity contribution is 6.06. The highest BCUT2D eigenvalue weighted by atomic mass is 16.5. The molecular weight excluding hydrogens is 304 g/mol. The summed E-state index contributed by atoms with van der Waals surface area (Å²) in [7, 11) is 0. The zero-order valence-corrected chi connectivity index (χ0v) is 13.2. The monoisotopic (exact) mass is 320 g/mol. The number of carbonyl (C=O) groups excluding carboxylic acids is 1. The molecule has 1 aliphatic rings. The Kier molecular flexibility index (Phi) is 3.54. The zero-order valence-electron chi connectivity index (χ0n) is 13.2. The van der Waals surface area contributed by atoms with Crippen LogP contribution in [0.2, 0.25) is 0 Å². The van der Waals surface area contributed by atoms with Gasteiger partial charge in [-0.2, -0.15) is 0 Å². The molecule has 1 amide bonds. The van der Waals surface area contributed by atoms with Crippen molar-refractivity contribution in [1.82, 2.24) is 5.16 Å². The minimum atomic E-state index is -0.184. The number of benzene rings is 2. The minimum Gasteiger partial charge on any atom is -0.488 e. The fourth-order valence-corrected chi connectivity index (χ4v) is 2.93. The van der Waals surface area contributed by atoms with E-state index in [0.29, 0.717) is 23.6 Å². The molecule has 1 aromatic heterocycles. The van der Waals surface area contributed by atoms with Gasteiger partial charge in [-0.25, -0.2) is 0 Å². The van der Waals surface area contributed by atoms with Crippen molar-refractivity contribution in [3.63, 3.8) is 0 Å². The van der Waals surface area contributed by atoms with Crippen LogP contribution in [0.1, 0.15) is 23.0 Å². The van der Waals surface area contributed by atoms with Crippen LogP contribution >= 0.6 is 0 Å². The van der Waals surface area contributed by atoms with Gasteiger partial charge in [-0.1, -0.05) is 35.5 Å². The number of anilines is 1. The first-order valence-electron chi connectivity index (χ1n) is 7.87. The summed E-state index contributed by atoms with van der Waals surface area (Å²) in [4.78, 5) is 14.6. The van der Waals surface area contributed by atoms with Crippen molar-refractivity contribution in [3.05, 3.63) is 65.9 Å². The Labute approximate surface area is 139 Å². The van der Waals surface area contributed by atoms with E-state index in [1.165, 1.54) is 0 Å². The van der Waals surface area contributed by atoms with Gasteiger partial charge in [0, 0.05) is 12.2 Å². The zero-order chi connectivity index (χ0) is 16.5. The maximum atomic E-state index is 13.0. The Hall–Kier alpha value is -3.08. The maximum Gasteiger partial charge on any atom is 0.280 e. The molecule has 0 atom stereocenters. The Balaban J connectivity index is 1.74. The summed E-state index contributed by atoms with van der Waals surface area (Å²) < 4.78 is 11.2. The second kappa shape index (κ2) is 5.85. The average molecular weight is 320 g/mol. The lowest BCUT2D eigenvalue weighted by molar-refractivity contribution is 0.0977. The Bertz CT molecular complexity index is 887. The number of hydrogen-bond donors (Lipinski definition) is 0. The van der Waals surface area contributed by atoms with Crippen molar-refractivity contribution in [3.8, 4) is 17.1 Å². The molecule has 0 radical (unpaired) electrons. The molecule has 0 spiro atoms. The van der Waals surface area contributed by atoms with E-state index in [0.717, 1.165) is 17.0 Å². The molecule has 5 heteroatoms. The number of nitrogens with zero attached hydrogens (tertiary/aromatic N) is 2. The van der Waals surface area contributed by atoms with Gasteiger partial charge in [0.2, 0.25) is 0 Å². The summed E-state index contributed by atoms with van der Waals surface area (Å²) in [6.45, 7) is 2.76. The molecule has 0 saturated heterocycles. The molecule has 3 aromatic rings. The first-order chi connectivity index (χ1) is 11.8. The van der Waals surface area contributed by atoms with Crippen molar-refractivity contribution in [2.45, 2.75) is 13.5 Å². The summed E-state index contributed by atoms with van der Waals surface area (Å²) in [5.41, 5.74) is 2.67. The van der Waals surface area contributed by atoms with E-state index in [4.69, 9.17) is 9.26 Å². The number of carbonyl (C=O) groups is 1. The largest absolute Gasteiger partial charge is 0.488 e. The van der Waals surface area contributed by atoms with Gasteiger partial charge in [-0.3, -0.25) is 4.79 Å². The van der Waals surface area contributed by atoms with Gasteiger partial charge < -0.3 is 14.2 Å². The number of amides is 1. The molecule has 0 unspecified atom stereocenters. The molecule has 2 aromatic carbocycles. The first-order valence-corrected chi connectivity index (χ1v) is 7.87. The SMILES string of the molecule is CCN(C(=O)c1noc2c1COc1ccccc1-2)c1ccccc1. The van der Waals surface area contributed by atoms with Crippen molar-refractivity contribution in [1.29, 1.82) is 0 Å². The van der Waals surface area contributed by atoms with Gasteiger partial charge in [-0.05, 0) is 31.2 Å². The lowest BCUT2D eigenvalue weighted by Crippen LogP contribution is -2.31. The van der Waals surface area contributed by atoms with Gasteiger partial charge in [0.25, 0.3) is 5.91 Å². The van der Waals surface area contributed by atoms with E-state index in [-0.39, 0.29) is 12.5 Å². The van der Waals surface area contributed by atoms with Crippen LogP contribution in [0.5, 0.6) is 5.75 Å². The molecule has 0 saturated carbocycles. The fraction of sp³-hybridized carbons (Fsp3) is 0.158. The van der Waals surface area contributed by atoms with Crippen molar-refractivity contribution in [2.75, 3.05) is 11.4 Å². The van der Waals surface area contributed by atoms with Crippen LogP contribution in [0, 0.1) is 0 Å². The van der Waals surface area contributed by atoms with E-state index in [2.05, 4.69) is 5.16 Å². The van der Waals surface area contributed by atoms with Crippen LogP contribution in [0.25, 0.3) is 11.3 Å². The van der Waals surface area contributed by atoms with Crippen LogP contribution in [0.15, 0.2) is 59.1 Å². The van der Waals surface area contributed by atoms with Crippen LogP contribution in [-0.4, -0.2) is 17.6 Å². The van der Waals surface area contributed by atoms with E-state index in [1.807, 2.05) is 61.5 Å². The number of aromatic nitrogens is 1. The van der Waals surface area contributed by atoms with Crippen LogP contribution in [0.3, 0.4) is 0 Å². The van der Waals surface area contributed by atoms with Gasteiger partial charge in [0.05, 0.1) is 11.1 Å². The van der Waals surface area contributed by atoms with Crippen molar-refractivity contribution < 1.29 is 14.1 Å². The Morgan fingerprint density at radius 1 is 1.12 bits per heavy atom. The topological polar surface area (TPSA) is 55.6 Å². The number of ether oxygens (including phenoxy) is 1. The van der Waals surface area contributed by atoms with E-state index < -0.39 is 0 Å². The molecule has 0 fully saturated rings. The van der Waals surface area contributed by atoms with Gasteiger partial charge >= 0.3 is 0 Å². The number of fused-ring (bicyclic) bond motifs is 3. The smallest absolute Gasteiger partial charge is 0.280 e. The number of hydrogen-bond acceptors (Lipinski definition) is 4. The highest BCUT2D eigenvalue weighted by Crippen LogP contribution is 2.38. The molecule has 1 aliphatic heterocycles. The van der Waals surface area contributed by atoms with Gasteiger partial charge in [-0.15, -0.1) is 0 Å². The molecule has 0 bridgehead atoms. The Morgan fingerprint density at radius 2 is 1.88 bits per heavy atom. The van der Waals surface area contributed by atoms with Crippen LogP contribution < -0.4 is 9.64 Å². The third-order valence-corrected chi connectivity index (χ3v) is 4.12. The van der Waals surface area contributed by atoms with Gasteiger partial charge in [0.15, 0.2) is 11.5 Å². The van der Waals surface area contributed by atoms with E-state index in [1.54, 1.807) is 4.90 Å². The van der Waals surface area contributed by atoms with E-state index in [9.17, 15) is 4.79 Å². The average Bonchev–Trinajstić information content (AvgIpc) is 3.08. The molecule has 0 aliphatic carbocycles. The fourth-order valence-electron chi connectivity index (χ4n) is 2.93. The quantitative estimate of drug-likeness (QED) is 0.734. The molecule has 0 N–H and O–H groups in total. The maximum absolute atomic E-state index is 13.0. The van der Waals surface area contributed by atoms with Crippen molar-refractivity contribution >= 4 is 11.6 Å². The second-order valence-electron chi connectivity index (χ2n) is 5.51. The summed E-state index contributed by atoms with van der Waals surface area (Å²) in [6.07, 6.45) is 0. The van der Waals surface area contributed by atoms with Gasteiger partial charge in [0.1, 0.15) is 12.4 Å². The molecular formula is C19H16N2O3. The van der Waals surface area contributed by atoms with Crippen LogP contribution in [-0.2, 0) is 6.61 Å². The summed E-state index contributed by atoms with van der Waals surface area (Å²) in [5, 5.41) is 4.04. The lowest BCUT2D eigenvalue weighted by atomic mass is 10.0. The second-order valence-corrected chi connectivity index (χ2v) is 5.51. The lowest BCUT2D eigenvalue weighted by Gasteiger charge is -2.21. The van der Waals surface area contributed by atoms with Crippen molar-refractivity contribution in [2.24, 2.45) is 0 Å². The predicted molar refractivity (Wildman–Crippen MR) is 90.1 cm³/mol. The summed E-state index contributed by atoms with van der Waals surface area (Å²) in [5.74, 6) is 1.18. The molecule has 4 rings (SSSR count). The van der Waals surface area contributed by atoms with Crippen LogP contribution in [0.4, 0.5) is 5.69 Å². The minimum absolute atomic E-state index is 0.184. The predicted octanol–water partition coefficient (Wildman–Crippen LogP) is 3.90. The number of para-hydroxylation sites is 2. The molecule has 5 nitrogen and oxygen atoms in total. The molecule has 120 valence electrons. The normalized spacial score (nSPS) is 12.0. The first kappa shape index (κ1) is 14.5. The number of rotatable bonds is 3. The van der Waals surface area contributed by atoms with E-state index >= 15 is 0 Å². The Morgan fingerprint density at radius 3 is 2.67 bits per heavy atom. The summed E-state index contributed by atoms with van der Waals surface area (Å²) >= 11 is 0. The molecule has 2 heterocycles.